The Balaban J connectivity index is 1.68. The highest BCUT2D eigenvalue weighted by Crippen LogP contribution is 2.29. The summed E-state index contributed by atoms with van der Waals surface area (Å²) in [7, 11) is 3.08. The number of carbonyl (C=O) groups excluding carboxylic acids is 2. The maximum atomic E-state index is 14.0. The number of aryl methyl sites for hydroxylation is 1. The van der Waals surface area contributed by atoms with Crippen LogP contribution >= 0.6 is 0 Å². The van der Waals surface area contributed by atoms with Gasteiger partial charge in [-0.25, -0.2) is 4.39 Å². The highest BCUT2D eigenvalue weighted by molar-refractivity contribution is 5.89. The molecule has 206 valence electrons. The maximum Gasteiger partial charge on any atom is 0.247 e. The predicted octanol–water partition coefficient (Wildman–Crippen LogP) is 5.78. The van der Waals surface area contributed by atoms with Gasteiger partial charge in [0.1, 0.15) is 11.9 Å². The number of hydrogen-bond acceptors (Lipinski definition) is 4. The fourth-order valence-electron chi connectivity index (χ4n) is 4.48. The minimum absolute atomic E-state index is 0.0239. The summed E-state index contributed by atoms with van der Waals surface area (Å²) in [6.07, 6.45) is 0.0239. The van der Waals surface area contributed by atoms with Crippen molar-refractivity contribution in [3.05, 3.63) is 131 Å². The third-order valence-corrected chi connectivity index (χ3v) is 6.65. The molecule has 7 heteroatoms. The summed E-state index contributed by atoms with van der Waals surface area (Å²) < 4.78 is 24.4. The number of carbonyl (C=O) groups is 2. The third-order valence-electron chi connectivity index (χ3n) is 6.65. The van der Waals surface area contributed by atoms with Crippen molar-refractivity contribution in [3.63, 3.8) is 0 Å². The molecule has 0 saturated heterocycles. The van der Waals surface area contributed by atoms with Crippen molar-refractivity contribution in [3.8, 4) is 11.5 Å². The standard InChI is InChI=1S/C33H33FN2O4/c1-23-9-11-24(12-10-23)21-35-33(38)32(27-7-5-4-6-8-27)36(22-25-13-16-28(34)17-14-25)31(37)20-26-15-18-29(39-2)30(19-26)40-3/h4-19,32H,20-22H2,1-3H3,(H,35,38)/t32-/m1/s1. The largest absolute Gasteiger partial charge is 0.493 e. The van der Waals surface area contributed by atoms with Crippen LogP contribution in [0.4, 0.5) is 4.39 Å². The van der Waals surface area contributed by atoms with E-state index in [-0.39, 0.29) is 30.6 Å². The van der Waals surface area contributed by atoms with Crippen LogP contribution in [-0.4, -0.2) is 30.9 Å². The molecule has 4 aromatic carbocycles. The Bertz CT molecular complexity index is 1420. The number of hydrogen-bond donors (Lipinski definition) is 1. The van der Waals surface area contributed by atoms with E-state index in [1.165, 1.54) is 19.2 Å². The molecule has 0 heterocycles. The Morgan fingerprint density at radius 1 is 0.800 bits per heavy atom. The Hall–Kier alpha value is -4.65. The molecule has 0 spiro atoms. The Morgan fingerprint density at radius 3 is 2.08 bits per heavy atom. The molecule has 0 saturated carbocycles. The normalized spacial score (nSPS) is 11.4. The first-order valence-corrected chi connectivity index (χ1v) is 13.0. The second kappa shape index (κ2) is 13.4. The maximum absolute atomic E-state index is 14.0. The first kappa shape index (κ1) is 28.4. The minimum Gasteiger partial charge on any atom is -0.493 e. The molecule has 0 aromatic heterocycles. The molecular formula is C33H33FN2O4. The Labute approximate surface area is 234 Å². The topological polar surface area (TPSA) is 67.9 Å². The molecule has 1 N–H and O–H groups in total. The number of amides is 2. The van der Waals surface area contributed by atoms with Gasteiger partial charge in [0, 0.05) is 13.1 Å². The SMILES string of the molecule is COc1ccc(CC(=O)N(Cc2ccc(F)cc2)[C@@H](C(=O)NCc2ccc(C)cc2)c2ccccc2)cc1OC. The van der Waals surface area contributed by atoms with E-state index in [4.69, 9.17) is 9.47 Å². The molecule has 40 heavy (non-hydrogen) atoms. The van der Waals surface area contributed by atoms with Gasteiger partial charge in [-0.2, -0.15) is 0 Å². The number of halogens is 1. The molecule has 6 nitrogen and oxygen atoms in total. The molecule has 2 amide bonds. The van der Waals surface area contributed by atoms with Gasteiger partial charge < -0.3 is 19.7 Å². The lowest BCUT2D eigenvalue weighted by atomic mass is 10.0. The summed E-state index contributed by atoms with van der Waals surface area (Å²) in [4.78, 5) is 29.3. The summed E-state index contributed by atoms with van der Waals surface area (Å²) >= 11 is 0. The van der Waals surface area contributed by atoms with Gasteiger partial charge in [0.05, 0.1) is 20.6 Å². The third kappa shape index (κ3) is 7.26. The zero-order valence-corrected chi connectivity index (χ0v) is 22.9. The van der Waals surface area contributed by atoms with E-state index in [1.54, 1.807) is 42.3 Å². The average molecular weight is 541 g/mol. The molecular weight excluding hydrogens is 507 g/mol. The van der Waals surface area contributed by atoms with Gasteiger partial charge in [-0.1, -0.05) is 78.4 Å². The quantitative estimate of drug-likeness (QED) is 0.262. The smallest absolute Gasteiger partial charge is 0.247 e. The van der Waals surface area contributed by atoms with Gasteiger partial charge in [0.15, 0.2) is 11.5 Å². The highest BCUT2D eigenvalue weighted by atomic mass is 19.1. The van der Waals surface area contributed by atoms with Crippen molar-refractivity contribution in [2.75, 3.05) is 14.2 Å². The first-order valence-electron chi connectivity index (χ1n) is 13.0. The van der Waals surface area contributed by atoms with Crippen LogP contribution in [0.2, 0.25) is 0 Å². The zero-order valence-electron chi connectivity index (χ0n) is 22.9. The van der Waals surface area contributed by atoms with Crippen molar-refractivity contribution in [1.29, 1.82) is 0 Å². The van der Waals surface area contributed by atoms with Gasteiger partial charge in [-0.05, 0) is 53.4 Å². The van der Waals surface area contributed by atoms with Crippen molar-refractivity contribution in [2.45, 2.75) is 32.5 Å². The molecule has 0 aliphatic heterocycles. The molecule has 0 bridgehead atoms. The van der Waals surface area contributed by atoms with Gasteiger partial charge in [0.25, 0.3) is 0 Å². The summed E-state index contributed by atoms with van der Waals surface area (Å²) in [6.45, 7) is 2.44. The van der Waals surface area contributed by atoms with Crippen LogP contribution in [0.3, 0.4) is 0 Å². The van der Waals surface area contributed by atoms with Crippen molar-refractivity contribution >= 4 is 11.8 Å². The van der Waals surface area contributed by atoms with Crippen LogP contribution in [0.25, 0.3) is 0 Å². The van der Waals surface area contributed by atoms with Crippen LogP contribution in [0.15, 0.2) is 97.1 Å². The van der Waals surface area contributed by atoms with Crippen LogP contribution in [-0.2, 0) is 29.1 Å². The van der Waals surface area contributed by atoms with E-state index in [2.05, 4.69) is 5.32 Å². The molecule has 1 atom stereocenters. The fraction of sp³-hybridized carbons (Fsp3) is 0.212. The number of benzene rings is 4. The van der Waals surface area contributed by atoms with Gasteiger partial charge >= 0.3 is 0 Å². The van der Waals surface area contributed by atoms with Crippen LogP contribution in [0, 0.1) is 12.7 Å². The lowest BCUT2D eigenvalue weighted by molar-refractivity contribution is -0.141. The molecule has 0 fully saturated rings. The fourth-order valence-corrected chi connectivity index (χ4v) is 4.48. The second-order valence-corrected chi connectivity index (χ2v) is 9.53. The lowest BCUT2D eigenvalue weighted by Crippen LogP contribution is -2.43. The molecule has 4 aromatic rings. The lowest BCUT2D eigenvalue weighted by Gasteiger charge is -2.32. The van der Waals surface area contributed by atoms with Crippen molar-refractivity contribution < 1.29 is 23.5 Å². The van der Waals surface area contributed by atoms with Gasteiger partial charge in [-0.3, -0.25) is 9.59 Å². The van der Waals surface area contributed by atoms with E-state index in [0.717, 1.165) is 11.1 Å². The summed E-state index contributed by atoms with van der Waals surface area (Å²) in [5.41, 5.74) is 4.16. The van der Waals surface area contributed by atoms with Crippen LogP contribution in [0.5, 0.6) is 11.5 Å². The van der Waals surface area contributed by atoms with E-state index < -0.39 is 6.04 Å². The number of rotatable bonds is 11. The van der Waals surface area contributed by atoms with E-state index >= 15 is 0 Å². The molecule has 0 aliphatic carbocycles. The minimum atomic E-state index is -0.913. The zero-order chi connectivity index (χ0) is 28.5. The number of nitrogens with zero attached hydrogens (tertiary/aromatic N) is 1. The Morgan fingerprint density at radius 2 is 1.43 bits per heavy atom. The average Bonchev–Trinajstić information content (AvgIpc) is 2.98. The van der Waals surface area contributed by atoms with Crippen molar-refractivity contribution in [1.82, 2.24) is 10.2 Å². The molecule has 0 aliphatic rings. The number of ether oxygens (including phenoxy) is 2. The van der Waals surface area contributed by atoms with Crippen molar-refractivity contribution in [2.24, 2.45) is 0 Å². The summed E-state index contributed by atoms with van der Waals surface area (Å²) in [5, 5.41) is 3.02. The van der Waals surface area contributed by atoms with E-state index in [0.29, 0.717) is 34.7 Å². The van der Waals surface area contributed by atoms with Gasteiger partial charge in [0.2, 0.25) is 11.8 Å². The second-order valence-electron chi connectivity index (χ2n) is 9.53. The van der Waals surface area contributed by atoms with Crippen LogP contribution in [0.1, 0.15) is 33.9 Å². The number of methoxy groups -OCH3 is 2. The summed E-state index contributed by atoms with van der Waals surface area (Å²) in [6, 6.07) is 27.4. The van der Waals surface area contributed by atoms with E-state index in [1.807, 2.05) is 61.5 Å². The first-order chi connectivity index (χ1) is 19.4. The molecule has 0 radical (unpaired) electrons. The predicted molar refractivity (Wildman–Crippen MR) is 152 cm³/mol. The van der Waals surface area contributed by atoms with E-state index in [9.17, 15) is 14.0 Å². The molecule has 4 rings (SSSR count). The van der Waals surface area contributed by atoms with Crippen LogP contribution < -0.4 is 14.8 Å². The molecule has 0 unspecified atom stereocenters. The summed E-state index contributed by atoms with van der Waals surface area (Å²) in [5.74, 6) is 0.112. The Kier molecular flexibility index (Phi) is 9.52. The monoisotopic (exact) mass is 540 g/mol. The van der Waals surface area contributed by atoms with Gasteiger partial charge in [-0.15, -0.1) is 0 Å². The highest BCUT2D eigenvalue weighted by Gasteiger charge is 2.31. The number of nitrogens with one attached hydrogen (secondary N) is 1.